The molecule has 18 heavy (non-hydrogen) atoms. The third-order valence-corrected chi connectivity index (χ3v) is 3.69. The second-order valence-electron chi connectivity index (χ2n) is 5.06. The molecule has 1 aromatic carbocycles. The van der Waals surface area contributed by atoms with Crippen LogP contribution in [0.3, 0.4) is 0 Å². The molecule has 1 atom stereocenters. The van der Waals surface area contributed by atoms with Crippen LogP contribution in [0, 0.1) is 12.8 Å². The predicted octanol–water partition coefficient (Wildman–Crippen LogP) is 2.47. The maximum Gasteiger partial charge on any atom is 0.140 e. The van der Waals surface area contributed by atoms with Gasteiger partial charge in [0.1, 0.15) is 5.82 Å². The zero-order valence-corrected chi connectivity index (χ0v) is 10.8. The molecule has 2 heterocycles. The van der Waals surface area contributed by atoms with Crippen molar-refractivity contribution in [1.29, 1.82) is 0 Å². The van der Waals surface area contributed by atoms with Crippen molar-refractivity contribution in [2.75, 3.05) is 13.1 Å². The minimum atomic E-state index is 0.736. The molecule has 1 aromatic heterocycles. The number of nitrogens with one attached hydrogen (secondary N) is 1. The van der Waals surface area contributed by atoms with Crippen molar-refractivity contribution in [3.05, 3.63) is 42.2 Å². The second kappa shape index (κ2) is 4.94. The average molecular weight is 241 g/mol. The van der Waals surface area contributed by atoms with Crippen molar-refractivity contribution in [2.24, 2.45) is 5.92 Å². The van der Waals surface area contributed by atoms with Gasteiger partial charge in [-0.2, -0.15) is 0 Å². The molecule has 0 radical (unpaired) electrons. The molecular weight excluding hydrogens is 222 g/mol. The SMILES string of the molecule is Cc1cnc(-c2ccccc2)n1CC1CCNC1. The Hall–Kier alpha value is -1.61. The minimum Gasteiger partial charge on any atom is -0.328 e. The van der Waals surface area contributed by atoms with E-state index in [0.29, 0.717) is 0 Å². The van der Waals surface area contributed by atoms with Crippen molar-refractivity contribution in [1.82, 2.24) is 14.9 Å². The van der Waals surface area contributed by atoms with Crippen LogP contribution in [0.4, 0.5) is 0 Å². The fraction of sp³-hybridized carbons (Fsp3) is 0.400. The molecule has 0 aliphatic carbocycles. The Morgan fingerprint density at radius 2 is 2.17 bits per heavy atom. The Morgan fingerprint density at radius 3 is 2.89 bits per heavy atom. The highest BCUT2D eigenvalue weighted by Crippen LogP contribution is 2.22. The Labute approximate surface area is 108 Å². The van der Waals surface area contributed by atoms with E-state index in [1.807, 2.05) is 12.3 Å². The number of aryl methyl sites for hydroxylation is 1. The van der Waals surface area contributed by atoms with Crippen LogP contribution in [0.25, 0.3) is 11.4 Å². The van der Waals surface area contributed by atoms with E-state index < -0.39 is 0 Å². The zero-order chi connectivity index (χ0) is 12.4. The molecule has 2 aromatic rings. The number of rotatable bonds is 3. The summed E-state index contributed by atoms with van der Waals surface area (Å²) in [5, 5.41) is 3.43. The molecule has 1 N–H and O–H groups in total. The molecular formula is C15H19N3. The molecule has 0 spiro atoms. The van der Waals surface area contributed by atoms with Crippen LogP contribution in [0.1, 0.15) is 12.1 Å². The zero-order valence-electron chi connectivity index (χ0n) is 10.8. The van der Waals surface area contributed by atoms with Gasteiger partial charge in [-0.15, -0.1) is 0 Å². The highest BCUT2D eigenvalue weighted by Gasteiger charge is 2.18. The van der Waals surface area contributed by atoms with Gasteiger partial charge in [0.25, 0.3) is 0 Å². The number of hydrogen-bond acceptors (Lipinski definition) is 2. The molecule has 3 nitrogen and oxygen atoms in total. The topological polar surface area (TPSA) is 29.9 Å². The van der Waals surface area contributed by atoms with E-state index >= 15 is 0 Å². The maximum atomic E-state index is 4.57. The second-order valence-corrected chi connectivity index (χ2v) is 5.06. The fourth-order valence-corrected chi connectivity index (χ4v) is 2.64. The van der Waals surface area contributed by atoms with Gasteiger partial charge in [0.2, 0.25) is 0 Å². The summed E-state index contributed by atoms with van der Waals surface area (Å²) in [4.78, 5) is 4.57. The van der Waals surface area contributed by atoms with E-state index in [-0.39, 0.29) is 0 Å². The van der Waals surface area contributed by atoms with Crippen LogP contribution < -0.4 is 5.32 Å². The molecule has 3 heteroatoms. The lowest BCUT2D eigenvalue weighted by Crippen LogP contribution is -2.16. The summed E-state index contributed by atoms with van der Waals surface area (Å²) in [6, 6.07) is 10.4. The summed E-state index contributed by atoms with van der Waals surface area (Å²) in [7, 11) is 0. The molecule has 1 aliphatic heterocycles. The first-order valence-corrected chi connectivity index (χ1v) is 6.63. The van der Waals surface area contributed by atoms with Crippen LogP contribution in [0.15, 0.2) is 36.5 Å². The van der Waals surface area contributed by atoms with Crippen LogP contribution in [-0.2, 0) is 6.54 Å². The first-order chi connectivity index (χ1) is 8.84. The monoisotopic (exact) mass is 241 g/mol. The van der Waals surface area contributed by atoms with Gasteiger partial charge in [0.15, 0.2) is 0 Å². The quantitative estimate of drug-likeness (QED) is 0.894. The number of benzene rings is 1. The van der Waals surface area contributed by atoms with Gasteiger partial charge in [0.05, 0.1) is 0 Å². The Bertz CT molecular complexity index is 510. The predicted molar refractivity (Wildman–Crippen MR) is 73.4 cm³/mol. The Balaban J connectivity index is 1.91. The third kappa shape index (κ3) is 2.18. The number of aromatic nitrogens is 2. The molecule has 3 rings (SSSR count). The van der Waals surface area contributed by atoms with E-state index in [0.717, 1.165) is 31.4 Å². The molecule has 0 bridgehead atoms. The normalized spacial score (nSPS) is 19.3. The first kappa shape index (κ1) is 11.5. The average Bonchev–Trinajstić information content (AvgIpc) is 3.03. The van der Waals surface area contributed by atoms with Crippen LogP contribution in [-0.4, -0.2) is 22.6 Å². The summed E-state index contributed by atoms with van der Waals surface area (Å²) < 4.78 is 2.35. The molecule has 1 fully saturated rings. The summed E-state index contributed by atoms with van der Waals surface area (Å²) in [6.45, 7) is 5.50. The van der Waals surface area contributed by atoms with E-state index in [4.69, 9.17) is 0 Å². The van der Waals surface area contributed by atoms with Gasteiger partial charge >= 0.3 is 0 Å². The van der Waals surface area contributed by atoms with Gasteiger partial charge in [0, 0.05) is 24.0 Å². The van der Waals surface area contributed by atoms with Gasteiger partial charge in [-0.05, 0) is 32.4 Å². The highest BCUT2D eigenvalue weighted by molar-refractivity contribution is 5.55. The van der Waals surface area contributed by atoms with Crippen molar-refractivity contribution in [2.45, 2.75) is 19.9 Å². The Morgan fingerprint density at radius 1 is 1.33 bits per heavy atom. The highest BCUT2D eigenvalue weighted by atomic mass is 15.1. The van der Waals surface area contributed by atoms with Crippen LogP contribution >= 0.6 is 0 Å². The molecule has 94 valence electrons. The molecule has 1 aliphatic rings. The molecule has 1 saturated heterocycles. The van der Waals surface area contributed by atoms with Gasteiger partial charge in [-0.1, -0.05) is 30.3 Å². The van der Waals surface area contributed by atoms with E-state index in [9.17, 15) is 0 Å². The molecule has 0 amide bonds. The first-order valence-electron chi connectivity index (χ1n) is 6.63. The minimum absolute atomic E-state index is 0.736. The van der Waals surface area contributed by atoms with E-state index in [2.05, 4.69) is 46.1 Å². The van der Waals surface area contributed by atoms with Crippen molar-refractivity contribution in [3.8, 4) is 11.4 Å². The van der Waals surface area contributed by atoms with Gasteiger partial charge in [-0.25, -0.2) is 4.98 Å². The van der Waals surface area contributed by atoms with Gasteiger partial charge in [-0.3, -0.25) is 0 Å². The van der Waals surface area contributed by atoms with Crippen molar-refractivity contribution in [3.63, 3.8) is 0 Å². The smallest absolute Gasteiger partial charge is 0.140 e. The lowest BCUT2D eigenvalue weighted by Gasteiger charge is -2.14. The van der Waals surface area contributed by atoms with Crippen LogP contribution in [0.2, 0.25) is 0 Å². The number of imidazole rings is 1. The Kier molecular flexibility index (Phi) is 3.15. The summed E-state index contributed by atoms with van der Waals surface area (Å²) >= 11 is 0. The number of hydrogen-bond donors (Lipinski definition) is 1. The summed E-state index contributed by atoms with van der Waals surface area (Å²) in [5.74, 6) is 1.83. The van der Waals surface area contributed by atoms with Gasteiger partial charge < -0.3 is 9.88 Å². The van der Waals surface area contributed by atoms with Crippen molar-refractivity contribution >= 4 is 0 Å². The number of nitrogens with zero attached hydrogens (tertiary/aromatic N) is 2. The van der Waals surface area contributed by atoms with Crippen molar-refractivity contribution < 1.29 is 0 Å². The van der Waals surface area contributed by atoms with E-state index in [1.54, 1.807) is 0 Å². The largest absolute Gasteiger partial charge is 0.328 e. The van der Waals surface area contributed by atoms with Crippen LogP contribution in [0.5, 0.6) is 0 Å². The van der Waals surface area contributed by atoms with E-state index in [1.165, 1.54) is 17.7 Å². The molecule has 1 unspecified atom stereocenters. The standard InChI is InChI=1S/C15H19N3/c1-12-9-17-15(14-5-3-2-4-6-14)18(12)11-13-7-8-16-10-13/h2-6,9,13,16H,7-8,10-11H2,1H3. The fourth-order valence-electron chi connectivity index (χ4n) is 2.64. The maximum absolute atomic E-state index is 4.57. The summed E-state index contributed by atoms with van der Waals surface area (Å²) in [6.07, 6.45) is 3.25. The summed E-state index contributed by atoms with van der Waals surface area (Å²) in [5.41, 5.74) is 2.46. The lowest BCUT2D eigenvalue weighted by atomic mass is 10.1. The third-order valence-electron chi connectivity index (χ3n) is 3.69. The lowest BCUT2D eigenvalue weighted by molar-refractivity contribution is 0.479. The molecule has 0 saturated carbocycles.